The van der Waals surface area contributed by atoms with E-state index in [9.17, 15) is 10.1 Å². The normalized spacial score (nSPS) is 17.2. The first-order chi connectivity index (χ1) is 14.8. The molecule has 31 heavy (non-hydrogen) atoms. The van der Waals surface area contributed by atoms with Gasteiger partial charge in [-0.1, -0.05) is 23.8 Å². The second kappa shape index (κ2) is 8.47. The molecule has 8 nitrogen and oxygen atoms in total. The molecule has 162 valence electrons. The highest BCUT2D eigenvalue weighted by Crippen LogP contribution is 2.26. The van der Waals surface area contributed by atoms with Crippen LogP contribution in [0.1, 0.15) is 29.3 Å². The van der Waals surface area contributed by atoms with Gasteiger partial charge in [-0.15, -0.1) is 0 Å². The smallest absolute Gasteiger partial charge is 0.414 e. The number of aryl methyl sites for hydroxylation is 2. The van der Waals surface area contributed by atoms with Gasteiger partial charge in [0.15, 0.2) is 0 Å². The highest BCUT2D eigenvalue weighted by atomic mass is 16.6. The average molecular weight is 422 g/mol. The Kier molecular flexibility index (Phi) is 5.73. The van der Waals surface area contributed by atoms with Crippen molar-refractivity contribution in [3.8, 4) is 17.3 Å². The Hall–Kier alpha value is -3.26. The third-order valence-electron chi connectivity index (χ3n) is 5.58. The van der Waals surface area contributed by atoms with Gasteiger partial charge in [0.25, 0.3) is 0 Å². The van der Waals surface area contributed by atoms with Gasteiger partial charge in [0.05, 0.1) is 12.2 Å². The van der Waals surface area contributed by atoms with Crippen molar-refractivity contribution in [3.63, 3.8) is 0 Å². The van der Waals surface area contributed by atoms with Crippen LogP contribution in [0, 0.1) is 24.0 Å². The monoisotopic (exact) mass is 421 g/mol. The summed E-state index contributed by atoms with van der Waals surface area (Å²) in [5, 5.41) is 10.3. The van der Waals surface area contributed by atoms with Gasteiger partial charge in [0, 0.05) is 35.8 Å². The molecule has 0 bridgehead atoms. The number of benzene rings is 1. The minimum atomic E-state index is -0.528. The zero-order valence-corrected chi connectivity index (χ0v) is 18.3. The van der Waals surface area contributed by atoms with Crippen molar-refractivity contribution >= 4 is 5.82 Å². The SMILES string of the molecule is CC1Cn2cc([N+](=O)[O-])nc2O1.Cc1ccc(C)c(-c2ccc3c(n2)CCN(C)C3)c1. The number of nitrogens with zero attached hydrogens (tertiary/aromatic N) is 5. The van der Waals surface area contributed by atoms with Gasteiger partial charge in [0.2, 0.25) is 0 Å². The van der Waals surface area contributed by atoms with Gasteiger partial charge in [-0.2, -0.15) is 0 Å². The number of nitro groups is 1. The molecule has 1 unspecified atom stereocenters. The first-order valence-electron chi connectivity index (χ1n) is 10.4. The number of ether oxygens (including phenoxy) is 1. The van der Waals surface area contributed by atoms with Gasteiger partial charge in [-0.3, -0.25) is 9.55 Å². The lowest BCUT2D eigenvalue weighted by atomic mass is 9.99. The van der Waals surface area contributed by atoms with Crippen LogP contribution in [0.5, 0.6) is 6.01 Å². The Labute approximate surface area is 181 Å². The lowest BCUT2D eigenvalue weighted by Gasteiger charge is -2.24. The van der Waals surface area contributed by atoms with E-state index in [0.29, 0.717) is 12.6 Å². The van der Waals surface area contributed by atoms with E-state index >= 15 is 0 Å². The van der Waals surface area contributed by atoms with E-state index in [1.807, 2.05) is 6.92 Å². The zero-order valence-electron chi connectivity index (χ0n) is 18.3. The maximum atomic E-state index is 10.3. The van der Waals surface area contributed by atoms with Crippen LogP contribution in [0.15, 0.2) is 36.5 Å². The van der Waals surface area contributed by atoms with Crippen LogP contribution in [0.4, 0.5) is 5.82 Å². The van der Waals surface area contributed by atoms with Crippen LogP contribution in [-0.4, -0.2) is 44.1 Å². The third-order valence-corrected chi connectivity index (χ3v) is 5.58. The topological polar surface area (TPSA) is 86.3 Å². The summed E-state index contributed by atoms with van der Waals surface area (Å²) >= 11 is 0. The van der Waals surface area contributed by atoms with Gasteiger partial charge in [0.1, 0.15) is 12.3 Å². The van der Waals surface area contributed by atoms with E-state index in [1.54, 1.807) is 4.57 Å². The van der Waals surface area contributed by atoms with Crippen molar-refractivity contribution in [2.24, 2.45) is 0 Å². The molecule has 0 fully saturated rings. The molecule has 3 aromatic rings. The van der Waals surface area contributed by atoms with Crippen LogP contribution in [-0.2, 0) is 19.5 Å². The number of imidazole rings is 1. The molecule has 0 aliphatic carbocycles. The molecule has 4 heterocycles. The van der Waals surface area contributed by atoms with Crippen molar-refractivity contribution in [2.45, 2.75) is 46.4 Å². The summed E-state index contributed by atoms with van der Waals surface area (Å²) in [6.45, 7) is 8.95. The van der Waals surface area contributed by atoms with E-state index in [-0.39, 0.29) is 11.9 Å². The summed E-state index contributed by atoms with van der Waals surface area (Å²) in [5.74, 6) is -0.156. The zero-order chi connectivity index (χ0) is 22.1. The number of likely N-dealkylation sites (N-methyl/N-ethyl adjacent to an activating group) is 1. The van der Waals surface area contributed by atoms with Gasteiger partial charge < -0.3 is 19.8 Å². The molecular formula is C23H27N5O3. The molecule has 0 radical (unpaired) electrons. The van der Waals surface area contributed by atoms with E-state index < -0.39 is 4.92 Å². The Morgan fingerprint density at radius 1 is 1.19 bits per heavy atom. The van der Waals surface area contributed by atoms with E-state index in [1.165, 1.54) is 34.1 Å². The number of hydrogen-bond donors (Lipinski definition) is 0. The molecule has 8 heteroatoms. The van der Waals surface area contributed by atoms with Crippen LogP contribution in [0.3, 0.4) is 0 Å². The second-order valence-corrected chi connectivity index (χ2v) is 8.33. The van der Waals surface area contributed by atoms with Crippen molar-refractivity contribution in [1.82, 2.24) is 19.4 Å². The van der Waals surface area contributed by atoms with E-state index in [4.69, 9.17) is 9.72 Å². The fraction of sp³-hybridized carbons (Fsp3) is 0.391. The number of hydrogen-bond acceptors (Lipinski definition) is 6. The third kappa shape index (κ3) is 4.59. The molecular weight excluding hydrogens is 394 g/mol. The number of aromatic nitrogens is 3. The van der Waals surface area contributed by atoms with Gasteiger partial charge >= 0.3 is 11.8 Å². The summed E-state index contributed by atoms with van der Waals surface area (Å²) in [4.78, 5) is 20.7. The minimum Gasteiger partial charge on any atom is -0.441 e. The summed E-state index contributed by atoms with van der Waals surface area (Å²) < 4.78 is 6.83. The predicted octanol–water partition coefficient (Wildman–Crippen LogP) is 3.93. The lowest BCUT2D eigenvalue weighted by Crippen LogP contribution is -2.27. The summed E-state index contributed by atoms with van der Waals surface area (Å²) in [6, 6.07) is 11.3. The highest BCUT2D eigenvalue weighted by Gasteiger charge is 2.28. The van der Waals surface area contributed by atoms with Gasteiger partial charge in [-0.05, 0) is 56.0 Å². The predicted molar refractivity (Wildman–Crippen MR) is 118 cm³/mol. The van der Waals surface area contributed by atoms with Crippen LogP contribution >= 0.6 is 0 Å². The second-order valence-electron chi connectivity index (χ2n) is 8.33. The van der Waals surface area contributed by atoms with Crippen LogP contribution < -0.4 is 4.74 Å². The largest absolute Gasteiger partial charge is 0.441 e. The molecule has 0 saturated carbocycles. The molecule has 0 saturated heterocycles. The van der Waals surface area contributed by atoms with Crippen molar-refractivity contribution in [1.29, 1.82) is 0 Å². The quantitative estimate of drug-likeness (QED) is 0.460. The highest BCUT2D eigenvalue weighted by molar-refractivity contribution is 5.64. The fourth-order valence-corrected chi connectivity index (χ4v) is 3.91. The molecule has 5 rings (SSSR count). The van der Waals surface area contributed by atoms with Gasteiger partial charge in [-0.25, -0.2) is 0 Å². The summed E-state index contributed by atoms with van der Waals surface area (Å²) in [6.07, 6.45) is 2.51. The fourth-order valence-electron chi connectivity index (χ4n) is 3.91. The Morgan fingerprint density at radius 2 is 2.00 bits per heavy atom. The molecule has 2 aromatic heterocycles. The molecule has 0 spiro atoms. The maximum Gasteiger partial charge on any atom is 0.414 e. The maximum absolute atomic E-state index is 10.3. The van der Waals surface area contributed by atoms with Crippen LogP contribution in [0.2, 0.25) is 0 Å². The molecule has 1 atom stereocenters. The first-order valence-corrected chi connectivity index (χ1v) is 10.4. The number of pyridine rings is 1. The Morgan fingerprint density at radius 3 is 2.74 bits per heavy atom. The van der Waals surface area contributed by atoms with Crippen molar-refractivity contribution in [3.05, 3.63) is 69.0 Å². The van der Waals surface area contributed by atoms with Crippen molar-refractivity contribution in [2.75, 3.05) is 13.6 Å². The van der Waals surface area contributed by atoms with Crippen molar-refractivity contribution < 1.29 is 9.66 Å². The molecule has 1 aromatic carbocycles. The number of rotatable bonds is 2. The minimum absolute atomic E-state index is 0.0632. The molecule has 2 aliphatic heterocycles. The summed E-state index contributed by atoms with van der Waals surface area (Å²) in [7, 11) is 2.17. The van der Waals surface area contributed by atoms with Crippen LogP contribution in [0.25, 0.3) is 11.3 Å². The first kappa shape index (κ1) is 21.0. The summed E-state index contributed by atoms with van der Waals surface area (Å²) in [5.41, 5.74) is 7.62. The van der Waals surface area contributed by atoms with E-state index in [0.717, 1.165) is 25.2 Å². The van der Waals surface area contributed by atoms with E-state index in [2.05, 4.69) is 61.1 Å². The Bertz CT molecular complexity index is 1100. The Balaban J connectivity index is 0.000000166. The lowest BCUT2D eigenvalue weighted by molar-refractivity contribution is -0.389. The average Bonchev–Trinajstić information content (AvgIpc) is 3.28. The number of fused-ring (bicyclic) bond motifs is 2. The standard InChI is InChI=1S/C17H20N2.C6H7N3O3/c1-12-4-5-13(2)15(10-12)17-7-6-14-11-19(3)9-8-16(14)18-17;1-4-2-8-3-5(9(10)11)7-6(8)12-4/h4-7,10H,8-9,11H2,1-3H3;3-4H,2H2,1H3. The molecule has 0 amide bonds. The molecule has 2 aliphatic rings. The molecule has 0 N–H and O–H groups in total.